The maximum Gasteiger partial charge on any atom is 0.323 e. The molecule has 1 heterocycles. The van der Waals surface area contributed by atoms with Crippen LogP contribution in [0.4, 0.5) is 35.6 Å². The first-order chi connectivity index (χ1) is 11.4. The van der Waals surface area contributed by atoms with Gasteiger partial charge in [0.25, 0.3) is 0 Å². The average molecular weight is 377 g/mol. The molecule has 0 aliphatic heterocycles. The lowest BCUT2D eigenvalue weighted by molar-refractivity contribution is 0.262. The normalized spacial score (nSPS) is 14.6. The third-order valence-corrected chi connectivity index (χ3v) is 4.53. The van der Waals surface area contributed by atoms with Crippen LogP contribution >= 0.6 is 10.2 Å². The van der Waals surface area contributed by atoms with Crippen LogP contribution in [0.15, 0.2) is 59.6 Å². The zero-order chi connectivity index (χ0) is 18.4. The van der Waals surface area contributed by atoms with Crippen LogP contribution in [0.1, 0.15) is 0 Å². The van der Waals surface area contributed by atoms with E-state index in [4.69, 9.17) is 0 Å². The van der Waals surface area contributed by atoms with Gasteiger partial charge in [-0.1, -0.05) is 19.4 Å². The van der Waals surface area contributed by atoms with Gasteiger partial charge in [0.05, 0.1) is 0 Å². The van der Waals surface area contributed by atoms with Crippen LogP contribution in [0.2, 0.25) is 0 Å². The Labute approximate surface area is 138 Å². The fourth-order valence-electron chi connectivity index (χ4n) is 2.22. The van der Waals surface area contributed by atoms with E-state index in [1.807, 2.05) is 0 Å². The fourth-order valence-corrected chi connectivity index (χ4v) is 2.87. The van der Waals surface area contributed by atoms with Crippen molar-refractivity contribution in [3.8, 4) is 0 Å². The molecule has 2 amide bonds. The molecule has 25 heavy (non-hydrogen) atoms. The Bertz CT molecular complexity index is 951. The number of hydrogen-bond donors (Lipinski definition) is 3. The van der Waals surface area contributed by atoms with Gasteiger partial charge >= 0.3 is 16.3 Å². The van der Waals surface area contributed by atoms with Gasteiger partial charge in [0.15, 0.2) is 0 Å². The zero-order valence-corrected chi connectivity index (χ0v) is 13.2. The number of nitrogens with one attached hydrogen (secondary N) is 3. The summed E-state index contributed by atoms with van der Waals surface area (Å²) >= 11 is 0. The number of carbonyl (C=O) groups excluding carboxylic acids is 1. The van der Waals surface area contributed by atoms with Gasteiger partial charge in [-0.05, 0) is 48.5 Å². The lowest BCUT2D eigenvalue weighted by atomic mass is 10.2. The molecule has 3 N–H and O–H groups in total. The van der Waals surface area contributed by atoms with Crippen molar-refractivity contribution >= 4 is 38.5 Å². The van der Waals surface area contributed by atoms with Crippen LogP contribution in [0, 0.1) is 0 Å². The number of carbonyl (C=O) groups is 1. The Morgan fingerprint density at radius 1 is 0.840 bits per heavy atom. The molecule has 0 saturated heterocycles. The summed E-state index contributed by atoms with van der Waals surface area (Å²) in [5, 5.41) is 5.64. The van der Waals surface area contributed by atoms with Gasteiger partial charge in [-0.2, -0.15) is 0 Å². The molecular formula is C15H12F5N3OS. The second-order valence-electron chi connectivity index (χ2n) is 5.35. The Hall–Kier alpha value is -2.75. The summed E-state index contributed by atoms with van der Waals surface area (Å²) in [7, 11) is -9.71. The Morgan fingerprint density at radius 3 is 2.08 bits per heavy atom. The van der Waals surface area contributed by atoms with Crippen molar-refractivity contribution in [1.29, 1.82) is 0 Å². The summed E-state index contributed by atoms with van der Waals surface area (Å²) < 4.78 is 63.1. The Balaban J connectivity index is 1.71. The number of rotatable bonds is 3. The smallest absolute Gasteiger partial charge is 0.323 e. The highest BCUT2D eigenvalue weighted by Gasteiger charge is 2.65. The molecule has 3 aromatic rings. The maximum absolute atomic E-state index is 12.6. The molecular weight excluding hydrogens is 365 g/mol. The first-order valence-corrected chi connectivity index (χ1v) is 8.85. The highest BCUT2D eigenvalue weighted by Crippen LogP contribution is 3.02. The van der Waals surface area contributed by atoms with Gasteiger partial charge in [-0.15, -0.1) is 0 Å². The number of hydrogen-bond acceptors (Lipinski definition) is 1. The second-order valence-corrected chi connectivity index (χ2v) is 7.76. The van der Waals surface area contributed by atoms with Crippen molar-refractivity contribution in [3.05, 3.63) is 54.7 Å². The fraction of sp³-hybridized carbons (Fsp3) is 0. The predicted molar refractivity (Wildman–Crippen MR) is 88.8 cm³/mol. The molecule has 0 radical (unpaired) electrons. The number of aromatic amines is 1. The number of aromatic nitrogens is 1. The second kappa shape index (κ2) is 4.88. The maximum atomic E-state index is 12.6. The van der Waals surface area contributed by atoms with Crippen LogP contribution < -0.4 is 10.6 Å². The third-order valence-electron chi connectivity index (χ3n) is 3.37. The van der Waals surface area contributed by atoms with E-state index in [1.54, 1.807) is 30.5 Å². The van der Waals surface area contributed by atoms with Crippen molar-refractivity contribution in [3.63, 3.8) is 0 Å². The van der Waals surface area contributed by atoms with Gasteiger partial charge in [-0.3, -0.25) is 0 Å². The van der Waals surface area contributed by atoms with E-state index < -0.39 is 21.2 Å². The molecule has 0 saturated carbocycles. The van der Waals surface area contributed by atoms with Gasteiger partial charge in [0.1, 0.15) is 4.90 Å². The van der Waals surface area contributed by atoms with E-state index >= 15 is 0 Å². The lowest BCUT2D eigenvalue weighted by Gasteiger charge is -2.40. The van der Waals surface area contributed by atoms with Crippen molar-refractivity contribution in [2.45, 2.75) is 4.90 Å². The molecule has 0 atom stereocenters. The van der Waals surface area contributed by atoms with E-state index in [2.05, 4.69) is 15.6 Å². The average Bonchev–Trinajstić information content (AvgIpc) is 2.92. The van der Waals surface area contributed by atoms with Crippen LogP contribution in [-0.2, 0) is 0 Å². The van der Waals surface area contributed by atoms with E-state index in [-0.39, 0.29) is 17.8 Å². The molecule has 134 valence electrons. The Kier molecular flexibility index (Phi) is 3.34. The minimum atomic E-state index is -9.71. The largest absolute Gasteiger partial charge is 0.361 e. The summed E-state index contributed by atoms with van der Waals surface area (Å²) in [5.41, 5.74) is 1.29. The molecule has 0 fully saturated rings. The third kappa shape index (κ3) is 4.02. The first kappa shape index (κ1) is 17.1. The minimum Gasteiger partial charge on any atom is -0.361 e. The number of amides is 2. The molecule has 0 aliphatic rings. The van der Waals surface area contributed by atoms with Crippen LogP contribution in [0.3, 0.4) is 0 Å². The van der Waals surface area contributed by atoms with Crippen molar-refractivity contribution in [1.82, 2.24) is 4.98 Å². The van der Waals surface area contributed by atoms with E-state index in [0.717, 1.165) is 23.0 Å². The van der Waals surface area contributed by atoms with Crippen LogP contribution in [-0.4, -0.2) is 11.0 Å². The summed E-state index contributed by atoms with van der Waals surface area (Å²) in [5.74, 6) is 0. The molecule has 3 rings (SSSR count). The quantitative estimate of drug-likeness (QED) is 0.450. The molecule has 10 heteroatoms. The first-order valence-electron chi connectivity index (χ1n) is 6.90. The SMILES string of the molecule is O=C(Nc1ccc(S(F)(F)(F)(F)F)cc1)Nc1ccc2[nH]ccc2c1. The number of halogens is 5. The Morgan fingerprint density at radius 2 is 1.44 bits per heavy atom. The topological polar surface area (TPSA) is 56.9 Å². The summed E-state index contributed by atoms with van der Waals surface area (Å²) in [6.45, 7) is 0. The number of urea groups is 1. The standard InChI is InChI=1S/C15H12F5N3OS/c16-25(17,18,19,20)13-4-1-11(2-5-13)22-15(24)23-12-3-6-14-10(9-12)7-8-21-14/h1-9,21H,(H2,22,23,24). The van der Waals surface area contributed by atoms with Gasteiger partial charge < -0.3 is 15.6 Å². The summed E-state index contributed by atoms with van der Waals surface area (Å²) in [4.78, 5) is 12.8. The number of fused-ring (bicyclic) bond motifs is 1. The van der Waals surface area contributed by atoms with Crippen molar-refractivity contribution < 1.29 is 24.2 Å². The van der Waals surface area contributed by atoms with Gasteiger partial charge in [0.2, 0.25) is 0 Å². The van der Waals surface area contributed by atoms with E-state index in [0.29, 0.717) is 5.69 Å². The highest BCUT2D eigenvalue weighted by molar-refractivity contribution is 8.45. The summed E-state index contributed by atoms with van der Waals surface area (Å²) in [6.07, 6.45) is 1.73. The predicted octanol–water partition coefficient (Wildman–Crippen LogP) is 6.47. The molecule has 4 nitrogen and oxygen atoms in total. The number of anilines is 2. The van der Waals surface area contributed by atoms with Crippen LogP contribution in [0.5, 0.6) is 0 Å². The minimum absolute atomic E-state index is 0.0502. The van der Waals surface area contributed by atoms with Crippen LogP contribution in [0.25, 0.3) is 10.9 Å². The highest BCUT2D eigenvalue weighted by atomic mass is 32.5. The zero-order valence-electron chi connectivity index (χ0n) is 12.4. The molecule has 0 bridgehead atoms. The van der Waals surface area contributed by atoms with Gasteiger partial charge in [0, 0.05) is 28.5 Å². The monoisotopic (exact) mass is 377 g/mol. The summed E-state index contributed by atoms with van der Waals surface area (Å²) in [6, 6.07) is 8.18. The molecule has 2 aromatic carbocycles. The molecule has 0 spiro atoms. The molecule has 0 unspecified atom stereocenters. The number of H-pyrrole nitrogens is 1. The molecule has 1 aromatic heterocycles. The van der Waals surface area contributed by atoms with Gasteiger partial charge in [-0.25, -0.2) is 4.79 Å². The molecule has 0 aliphatic carbocycles. The van der Waals surface area contributed by atoms with E-state index in [1.165, 1.54) is 0 Å². The van der Waals surface area contributed by atoms with Crippen molar-refractivity contribution in [2.75, 3.05) is 10.6 Å². The van der Waals surface area contributed by atoms with Crippen molar-refractivity contribution in [2.24, 2.45) is 0 Å². The lowest BCUT2D eigenvalue weighted by Crippen LogP contribution is -2.19. The number of benzene rings is 2. The van der Waals surface area contributed by atoms with E-state index in [9.17, 15) is 24.2 Å².